The molecule has 5 aromatic rings. The van der Waals surface area contributed by atoms with E-state index in [9.17, 15) is 9.59 Å². The summed E-state index contributed by atoms with van der Waals surface area (Å²) in [5.41, 5.74) is 11.6. The van der Waals surface area contributed by atoms with E-state index in [1.54, 1.807) is 0 Å². The van der Waals surface area contributed by atoms with Crippen LogP contribution in [0, 0.1) is 34.5 Å². The van der Waals surface area contributed by atoms with Gasteiger partial charge in [-0.25, -0.2) is 9.97 Å². The number of carbonyl (C=O) groups excluding carboxylic acids is 2. The Labute approximate surface area is 386 Å². The Morgan fingerprint density at radius 2 is 1.05 bits per heavy atom. The van der Waals surface area contributed by atoms with Crippen molar-refractivity contribution < 1.29 is 9.59 Å². The average Bonchev–Trinajstić information content (AvgIpc) is 3.88. The van der Waals surface area contributed by atoms with Crippen molar-refractivity contribution in [3.05, 3.63) is 112 Å². The standard InChI is InChI=1S/C56H71N7O2/c1-32(2)28-38-48(55(38,8)9)52(64)61-26-12-14-46(61)50-57-40-22-16-34(30-42(40)59-50)44-24-25-45(63(44)37-20-18-36(19-21-37)54(5,6)7)35-17-23-41-43(31-35)60-51(58-41)47-15-13-27-62(47)53(65)49-39(29-33(3)4)56(49,10)11/h16-23,28-31,38-39,44-49H,12-15,24-27H2,1-11H3,(H,57,59)(H,58,60)/t38-,39-,44-,45-,46+,47+,48+,49+/m1/s1. The van der Waals surface area contributed by atoms with Crippen molar-refractivity contribution in [2.45, 2.75) is 144 Å². The number of hydrogen-bond donors (Lipinski definition) is 2. The van der Waals surface area contributed by atoms with Crippen LogP contribution in [0.25, 0.3) is 22.1 Å². The van der Waals surface area contributed by atoms with Crippen LogP contribution in [0.4, 0.5) is 5.69 Å². The number of likely N-dealkylation sites (tertiary alicyclic amines) is 2. The van der Waals surface area contributed by atoms with E-state index < -0.39 is 0 Å². The van der Waals surface area contributed by atoms with Crippen LogP contribution >= 0.6 is 0 Å². The minimum atomic E-state index is -0.0313. The molecule has 0 unspecified atom stereocenters. The summed E-state index contributed by atoms with van der Waals surface area (Å²) in [7, 11) is 0. The highest BCUT2D eigenvalue weighted by atomic mass is 16.2. The van der Waals surface area contributed by atoms with Crippen LogP contribution in [-0.2, 0) is 15.0 Å². The number of allylic oxidation sites excluding steroid dienone is 4. The van der Waals surface area contributed by atoms with Gasteiger partial charge in [0.05, 0.1) is 58.1 Å². The van der Waals surface area contributed by atoms with E-state index in [1.807, 2.05) is 0 Å². The van der Waals surface area contributed by atoms with Crippen LogP contribution in [0.15, 0.2) is 84.0 Å². The predicted octanol–water partition coefficient (Wildman–Crippen LogP) is 12.6. The Morgan fingerprint density at radius 1 is 0.615 bits per heavy atom. The number of hydrogen-bond acceptors (Lipinski definition) is 5. The van der Waals surface area contributed by atoms with Gasteiger partial charge in [-0.2, -0.15) is 0 Å². The van der Waals surface area contributed by atoms with Crippen LogP contribution < -0.4 is 4.90 Å². The molecule has 2 N–H and O–H groups in total. The smallest absolute Gasteiger partial charge is 0.227 e. The Kier molecular flexibility index (Phi) is 10.6. The molecule has 2 amide bonds. The summed E-state index contributed by atoms with van der Waals surface area (Å²) in [5.74, 6) is 3.00. The third-order valence-electron chi connectivity index (χ3n) is 16.3. The molecule has 0 radical (unpaired) electrons. The van der Waals surface area contributed by atoms with E-state index in [2.05, 4.69) is 174 Å². The molecule has 5 aliphatic rings. The molecule has 5 fully saturated rings. The number of carbonyl (C=O) groups is 2. The third-order valence-corrected chi connectivity index (χ3v) is 16.3. The quantitative estimate of drug-likeness (QED) is 0.144. The van der Waals surface area contributed by atoms with Gasteiger partial charge in [-0.15, -0.1) is 0 Å². The van der Waals surface area contributed by atoms with Gasteiger partial charge in [0.15, 0.2) is 0 Å². The van der Waals surface area contributed by atoms with Crippen molar-refractivity contribution in [1.82, 2.24) is 29.7 Å². The van der Waals surface area contributed by atoms with Crippen LogP contribution in [0.1, 0.15) is 167 Å². The number of H-pyrrole nitrogens is 2. The lowest BCUT2D eigenvalue weighted by Crippen LogP contribution is -2.33. The van der Waals surface area contributed by atoms with E-state index in [-0.39, 0.29) is 64.1 Å². The molecule has 10 rings (SSSR count). The summed E-state index contributed by atoms with van der Waals surface area (Å²) in [6.07, 6.45) is 10.4. The van der Waals surface area contributed by atoms with E-state index in [4.69, 9.17) is 9.97 Å². The number of aromatic nitrogens is 4. The minimum Gasteiger partial charge on any atom is -0.357 e. The molecule has 2 saturated carbocycles. The van der Waals surface area contributed by atoms with Crippen molar-refractivity contribution in [3.63, 3.8) is 0 Å². The number of amides is 2. The van der Waals surface area contributed by atoms with Crippen molar-refractivity contribution >= 4 is 39.6 Å². The molecule has 0 bridgehead atoms. The highest BCUT2D eigenvalue weighted by Crippen LogP contribution is 2.62. The first-order chi connectivity index (χ1) is 30.8. The molecule has 3 aromatic carbocycles. The highest BCUT2D eigenvalue weighted by molar-refractivity contribution is 5.86. The number of fused-ring (bicyclic) bond motifs is 2. The van der Waals surface area contributed by atoms with E-state index in [0.29, 0.717) is 11.8 Å². The van der Waals surface area contributed by atoms with Crippen LogP contribution in [-0.4, -0.2) is 54.6 Å². The molecule has 9 nitrogen and oxygen atoms in total. The molecule has 65 heavy (non-hydrogen) atoms. The zero-order valence-corrected chi connectivity index (χ0v) is 40.8. The van der Waals surface area contributed by atoms with Crippen LogP contribution in [0.2, 0.25) is 0 Å². The van der Waals surface area contributed by atoms with Gasteiger partial charge in [-0.1, -0.05) is 96.0 Å². The van der Waals surface area contributed by atoms with Gasteiger partial charge in [0.2, 0.25) is 11.8 Å². The number of imidazole rings is 2. The van der Waals surface area contributed by atoms with E-state index in [0.717, 1.165) is 85.3 Å². The van der Waals surface area contributed by atoms with Gasteiger partial charge in [0, 0.05) is 18.8 Å². The summed E-state index contributed by atoms with van der Waals surface area (Å²) in [6.45, 7) is 25.9. The molecule has 9 heteroatoms. The Balaban J connectivity index is 0.933. The highest BCUT2D eigenvalue weighted by Gasteiger charge is 2.63. The molecule has 3 saturated heterocycles. The molecular formula is C56H71N7O2. The van der Waals surface area contributed by atoms with Crippen molar-refractivity contribution in [2.24, 2.45) is 34.5 Å². The molecule has 0 spiro atoms. The number of rotatable bonds is 9. The minimum absolute atomic E-state index is 0.0164. The second kappa shape index (κ2) is 15.7. The molecular weight excluding hydrogens is 803 g/mol. The second-order valence-electron chi connectivity index (χ2n) is 23.1. The van der Waals surface area contributed by atoms with E-state index in [1.165, 1.54) is 33.5 Å². The molecule has 3 aliphatic heterocycles. The third kappa shape index (κ3) is 7.62. The largest absolute Gasteiger partial charge is 0.357 e. The fourth-order valence-corrected chi connectivity index (χ4v) is 12.4. The number of benzene rings is 3. The molecule has 342 valence electrons. The van der Waals surface area contributed by atoms with Gasteiger partial charge >= 0.3 is 0 Å². The van der Waals surface area contributed by atoms with Gasteiger partial charge in [-0.05, 0) is 147 Å². The number of nitrogens with one attached hydrogen (secondary N) is 2. The number of aromatic amines is 2. The molecule has 2 aliphatic carbocycles. The lowest BCUT2D eigenvalue weighted by atomic mass is 9.87. The lowest BCUT2D eigenvalue weighted by molar-refractivity contribution is -0.135. The summed E-state index contributed by atoms with van der Waals surface area (Å²) in [6, 6.07) is 23.0. The summed E-state index contributed by atoms with van der Waals surface area (Å²) < 4.78 is 0. The lowest BCUT2D eigenvalue weighted by Gasteiger charge is -2.34. The first-order valence-corrected chi connectivity index (χ1v) is 24.6. The van der Waals surface area contributed by atoms with Gasteiger partial charge in [0.1, 0.15) is 11.6 Å². The second-order valence-corrected chi connectivity index (χ2v) is 23.1. The molecule has 5 heterocycles. The van der Waals surface area contributed by atoms with Gasteiger partial charge in [-0.3, -0.25) is 9.59 Å². The first-order valence-electron chi connectivity index (χ1n) is 24.6. The maximum atomic E-state index is 14.1. The Hall–Kier alpha value is -5.18. The monoisotopic (exact) mass is 874 g/mol. The van der Waals surface area contributed by atoms with E-state index >= 15 is 0 Å². The zero-order valence-electron chi connectivity index (χ0n) is 40.8. The Bertz CT molecular complexity index is 2560. The van der Waals surface area contributed by atoms with Crippen molar-refractivity contribution in [2.75, 3.05) is 18.0 Å². The van der Waals surface area contributed by atoms with Crippen molar-refractivity contribution in [1.29, 1.82) is 0 Å². The maximum absolute atomic E-state index is 14.1. The number of anilines is 1. The first kappa shape index (κ1) is 43.7. The normalized spacial score (nSPS) is 28.0. The molecule has 8 atom stereocenters. The topological polar surface area (TPSA) is 101 Å². The van der Waals surface area contributed by atoms with Gasteiger partial charge in [0.25, 0.3) is 0 Å². The van der Waals surface area contributed by atoms with Gasteiger partial charge < -0.3 is 24.7 Å². The fourth-order valence-electron chi connectivity index (χ4n) is 12.4. The SMILES string of the molecule is CC(C)=C[C@@H]1[C@@H](C(=O)N2CCC[C@H]2c2nc3ccc([C@H]4CC[C@H](c5ccc6nc([C@@H]7CCCN7C(=O)[C@@H]7[C@@H](C=C(C)C)C7(C)C)[nH]c6c5)N4c4ccc(C(C)(C)C)cc4)cc3[nH]2)C1(C)C. The van der Waals surface area contributed by atoms with Crippen molar-refractivity contribution in [3.8, 4) is 0 Å². The summed E-state index contributed by atoms with van der Waals surface area (Å²) in [4.78, 5) is 52.9. The predicted molar refractivity (Wildman–Crippen MR) is 262 cm³/mol. The summed E-state index contributed by atoms with van der Waals surface area (Å²) in [5, 5.41) is 0. The van der Waals surface area contributed by atoms with Crippen LogP contribution in [0.5, 0.6) is 0 Å². The number of nitrogens with zero attached hydrogens (tertiary/aromatic N) is 5. The fraction of sp³-hybridized carbons (Fsp3) is 0.536. The average molecular weight is 874 g/mol. The Morgan fingerprint density at radius 3 is 1.45 bits per heavy atom. The van der Waals surface area contributed by atoms with Crippen LogP contribution in [0.3, 0.4) is 0 Å². The molecule has 2 aromatic heterocycles. The summed E-state index contributed by atoms with van der Waals surface area (Å²) >= 11 is 0. The maximum Gasteiger partial charge on any atom is 0.227 e. The zero-order chi connectivity index (χ0) is 45.9.